The van der Waals surface area contributed by atoms with Crippen LogP contribution in [0.4, 0.5) is 0 Å². The molecule has 0 atom stereocenters. The second kappa shape index (κ2) is 5.98. The summed E-state index contributed by atoms with van der Waals surface area (Å²) in [6.07, 6.45) is 8.51. The molecule has 0 saturated carbocycles. The van der Waals surface area contributed by atoms with E-state index >= 15 is 0 Å². The predicted molar refractivity (Wildman–Crippen MR) is 87.4 cm³/mol. The van der Waals surface area contributed by atoms with Crippen molar-refractivity contribution >= 4 is 11.3 Å². The number of aromatic nitrogens is 6. The van der Waals surface area contributed by atoms with Crippen LogP contribution in [0.2, 0.25) is 0 Å². The molecule has 0 saturated heterocycles. The monoisotopic (exact) mass is 318 g/mol. The van der Waals surface area contributed by atoms with Crippen LogP contribution in [0.15, 0.2) is 61.3 Å². The average Bonchev–Trinajstić information content (AvgIpc) is 3.14. The fourth-order valence-corrected chi connectivity index (χ4v) is 2.95. The molecule has 0 unspecified atom stereocenters. The largest absolute Gasteiger partial charge is 0.264 e. The van der Waals surface area contributed by atoms with E-state index in [2.05, 4.69) is 30.1 Å². The molecule has 0 fully saturated rings. The number of hydrogen-bond donors (Lipinski definition) is 0. The molecule has 0 aromatic carbocycles. The first-order chi connectivity index (χ1) is 11.4. The van der Waals surface area contributed by atoms with Crippen LogP contribution < -0.4 is 0 Å². The molecule has 0 aliphatic heterocycles. The van der Waals surface area contributed by atoms with Gasteiger partial charge in [-0.25, -0.2) is 15.0 Å². The van der Waals surface area contributed by atoms with Crippen molar-refractivity contribution in [1.29, 1.82) is 0 Å². The molecule has 0 amide bonds. The van der Waals surface area contributed by atoms with Gasteiger partial charge in [-0.3, -0.25) is 4.98 Å². The van der Waals surface area contributed by atoms with Gasteiger partial charge in [-0.1, -0.05) is 6.07 Å². The van der Waals surface area contributed by atoms with E-state index in [1.807, 2.05) is 36.5 Å². The van der Waals surface area contributed by atoms with Crippen LogP contribution in [-0.4, -0.2) is 30.1 Å². The lowest BCUT2D eigenvalue weighted by atomic mass is 10.2. The van der Waals surface area contributed by atoms with Crippen molar-refractivity contribution in [3.63, 3.8) is 0 Å². The molecule has 0 radical (unpaired) electrons. The Hall–Kier alpha value is -3.06. The molecule has 4 rings (SSSR count). The Bertz CT molecular complexity index is 923. The van der Waals surface area contributed by atoms with Gasteiger partial charge in [-0.2, -0.15) is 5.10 Å². The molecule has 4 aromatic heterocycles. The summed E-state index contributed by atoms with van der Waals surface area (Å²) in [7, 11) is 0. The number of thiazole rings is 1. The Balaban J connectivity index is 1.71. The van der Waals surface area contributed by atoms with Gasteiger partial charge in [-0.05, 0) is 24.3 Å². The third-order valence-electron chi connectivity index (χ3n) is 3.13. The van der Waals surface area contributed by atoms with Crippen molar-refractivity contribution in [2.45, 2.75) is 0 Å². The van der Waals surface area contributed by atoms with Crippen LogP contribution in [0.1, 0.15) is 0 Å². The number of pyridine rings is 2. The van der Waals surface area contributed by atoms with E-state index in [1.165, 1.54) is 6.20 Å². The van der Waals surface area contributed by atoms with Gasteiger partial charge in [0.1, 0.15) is 10.7 Å². The Morgan fingerprint density at radius 3 is 2.61 bits per heavy atom. The summed E-state index contributed by atoms with van der Waals surface area (Å²) in [5.41, 5.74) is 2.52. The number of rotatable bonds is 3. The SMILES string of the molecule is c1cncc(-c2ncc(-c3cccc(-c4nccnn4)n3)s2)c1. The fourth-order valence-electron chi connectivity index (χ4n) is 2.08. The quantitative estimate of drug-likeness (QED) is 0.577. The van der Waals surface area contributed by atoms with Crippen molar-refractivity contribution in [2.24, 2.45) is 0 Å². The minimum atomic E-state index is 0.506. The van der Waals surface area contributed by atoms with Gasteiger partial charge >= 0.3 is 0 Å². The third kappa shape index (κ3) is 2.82. The van der Waals surface area contributed by atoms with Crippen molar-refractivity contribution in [2.75, 3.05) is 0 Å². The van der Waals surface area contributed by atoms with E-state index in [0.29, 0.717) is 11.5 Å². The van der Waals surface area contributed by atoms with Crippen LogP contribution in [0.3, 0.4) is 0 Å². The van der Waals surface area contributed by atoms with Gasteiger partial charge in [0, 0.05) is 30.4 Å². The van der Waals surface area contributed by atoms with E-state index in [0.717, 1.165) is 21.1 Å². The first-order valence-electron chi connectivity index (χ1n) is 6.88. The predicted octanol–water partition coefficient (Wildman–Crippen LogP) is 3.12. The number of nitrogens with zero attached hydrogens (tertiary/aromatic N) is 6. The van der Waals surface area contributed by atoms with Crippen LogP contribution in [0.5, 0.6) is 0 Å². The van der Waals surface area contributed by atoms with Crippen LogP contribution >= 0.6 is 11.3 Å². The van der Waals surface area contributed by atoms with Gasteiger partial charge in [0.15, 0.2) is 5.82 Å². The summed E-state index contributed by atoms with van der Waals surface area (Å²) in [4.78, 5) is 18.4. The van der Waals surface area contributed by atoms with Crippen LogP contribution in [0.25, 0.3) is 32.7 Å². The number of hydrogen-bond acceptors (Lipinski definition) is 7. The highest BCUT2D eigenvalue weighted by molar-refractivity contribution is 7.18. The zero-order chi connectivity index (χ0) is 15.5. The summed E-state index contributed by atoms with van der Waals surface area (Å²) >= 11 is 1.57. The zero-order valence-electron chi connectivity index (χ0n) is 11.9. The maximum atomic E-state index is 4.61. The Morgan fingerprint density at radius 2 is 1.78 bits per heavy atom. The second-order valence-corrected chi connectivity index (χ2v) is 5.68. The van der Waals surface area contributed by atoms with Gasteiger partial charge in [0.25, 0.3) is 0 Å². The summed E-state index contributed by atoms with van der Waals surface area (Å²) in [5.74, 6) is 0.506. The summed E-state index contributed by atoms with van der Waals surface area (Å²) in [6.45, 7) is 0. The van der Waals surface area contributed by atoms with Gasteiger partial charge < -0.3 is 0 Å². The molecule has 4 heterocycles. The molecule has 110 valence electrons. The van der Waals surface area contributed by atoms with E-state index in [9.17, 15) is 0 Å². The minimum Gasteiger partial charge on any atom is -0.264 e. The maximum Gasteiger partial charge on any atom is 0.200 e. The minimum absolute atomic E-state index is 0.506. The Morgan fingerprint density at radius 1 is 0.826 bits per heavy atom. The van der Waals surface area contributed by atoms with Gasteiger partial charge in [0.05, 0.1) is 16.8 Å². The molecule has 6 nitrogen and oxygen atoms in total. The van der Waals surface area contributed by atoms with Crippen molar-refractivity contribution in [1.82, 2.24) is 30.1 Å². The molecule has 0 spiro atoms. The van der Waals surface area contributed by atoms with Gasteiger partial charge in [0.2, 0.25) is 0 Å². The Labute approximate surface area is 136 Å². The highest BCUT2D eigenvalue weighted by Crippen LogP contribution is 2.31. The molecule has 23 heavy (non-hydrogen) atoms. The van der Waals surface area contributed by atoms with Crippen LogP contribution in [0, 0.1) is 0 Å². The van der Waals surface area contributed by atoms with E-state index < -0.39 is 0 Å². The normalized spacial score (nSPS) is 10.6. The summed E-state index contributed by atoms with van der Waals surface area (Å²) in [6, 6.07) is 9.62. The second-order valence-electron chi connectivity index (χ2n) is 4.65. The van der Waals surface area contributed by atoms with Crippen molar-refractivity contribution in [3.8, 4) is 32.7 Å². The first kappa shape index (κ1) is 13.6. The first-order valence-corrected chi connectivity index (χ1v) is 7.69. The lowest BCUT2D eigenvalue weighted by molar-refractivity contribution is 0.971. The zero-order valence-corrected chi connectivity index (χ0v) is 12.7. The lowest BCUT2D eigenvalue weighted by Crippen LogP contribution is -1.93. The molecular weight excluding hydrogens is 308 g/mol. The summed E-state index contributed by atoms with van der Waals surface area (Å²) in [5, 5.41) is 8.75. The van der Waals surface area contributed by atoms with Crippen LogP contribution in [-0.2, 0) is 0 Å². The topological polar surface area (TPSA) is 77.3 Å². The molecule has 0 N–H and O–H groups in total. The Kier molecular flexibility index (Phi) is 3.53. The van der Waals surface area contributed by atoms with E-state index in [4.69, 9.17) is 0 Å². The van der Waals surface area contributed by atoms with E-state index in [-0.39, 0.29) is 0 Å². The van der Waals surface area contributed by atoms with Crippen molar-refractivity contribution < 1.29 is 0 Å². The molecule has 0 aliphatic rings. The highest BCUT2D eigenvalue weighted by atomic mass is 32.1. The molecule has 4 aromatic rings. The third-order valence-corrected chi connectivity index (χ3v) is 4.20. The molecular formula is C16H10N6S. The molecule has 0 aliphatic carbocycles. The fraction of sp³-hybridized carbons (Fsp3) is 0. The molecule has 0 bridgehead atoms. The maximum absolute atomic E-state index is 4.61. The van der Waals surface area contributed by atoms with E-state index in [1.54, 1.807) is 29.9 Å². The standard InChI is InChI=1S/C16H10N6S/c1-4-12(21-13(5-1)15-18-7-8-20-22-15)14-10-19-16(23-14)11-3-2-6-17-9-11/h1-10H. The molecule has 7 heteroatoms. The highest BCUT2D eigenvalue weighted by Gasteiger charge is 2.10. The van der Waals surface area contributed by atoms with Gasteiger partial charge in [-0.15, -0.1) is 16.4 Å². The summed E-state index contributed by atoms with van der Waals surface area (Å²) < 4.78 is 0. The smallest absolute Gasteiger partial charge is 0.200 e. The lowest BCUT2D eigenvalue weighted by Gasteiger charge is -2.00. The van der Waals surface area contributed by atoms with Crippen molar-refractivity contribution in [3.05, 3.63) is 61.3 Å². The average molecular weight is 318 g/mol.